The average molecular weight is 206 g/mol. The van der Waals surface area contributed by atoms with E-state index in [0.717, 1.165) is 6.42 Å². The smallest absolute Gasteiger partial charge is 0.293 e. The van der Waals surface area contributed by atoms with Crippen molar-refractivity contribution in [1.29, 1.82) is 0 Å². The summed E-state index contributed by atoms with van der Waals surface area (Å²) in [4.78, 5) is 10.2. The summed E-state index contributed by atoms with van der Waals surface area (Å²) in [5, 5.41) is 0. The third-order valence-electron chi connectivity index (χ3n) is 2.54. The maximum absolute atomic E-state index is 10.2. The normalized spacial score (nSPS) is 12.1. The molecule has 15 heavy (non-hydrogen) atoms. The summed E-state index contributed by atoms with van der Waals surface area (Å²) in [6.07, 6.45) is 3.42. The van der Waals surface area contributed by atoms with Crippen LogP contribution in [-0.2, 0) is 9.53 Å². The van der Waals surface area contributed by atoms with Crippen LogP contribution in [0.4, 0.5) is 0 Å². The van der Waals surface area contributed by atoms with Gasteiger partial charge in [0.15, 0.2) is 0 Å². The molecule has 0 saturated heterocycles. The Morgan fingerprint density at radius 2 is 2.07 bits per heavy atom. The Morgan fingerprint density at radius 3 is 2.67 bits per heavy atom. The molecule has 82 valence electrons. The van der Waals surface area contributed by atoms with Crippen molar-refractivity contribution in [1.82, 2.24) is 0 Å². The minimum atomic E-state index is 0.344. The second kappa shape index (κ2) is 7.04. The largest absolute Gasteiger partial charge is 0.467 e. The number of carbonyl (C=O) groups is 1. The van der Waals surface area contributed by atoms with E-state index in [9.17, 15) is 4.79 Å². The number of ether oxygens (including phenoxy) is 1. The molecule has 0 aliphatic carbocycles. The van der Waals surface area contributed by atoms with Crippen LogP contribution in [0.25, 0.3) is 0 Å². The number of benzene rings is 1. The highest BCUT2D eigenvalue weighted by Crippen LogP contribution is 2.21. The fraction of sp³-hybridized carbons (Fsp3) is 0.462. The summed E-state index contributed by atoms with van der Waals surface area (Å²) in [7, 11) is 0. The van der Waals surface area contributed by atoms with Crippen molar-refractivity contribution < 1.29 is 9.53 Å². The van der Waals surface area contributed by atoms with Gasteiger partial charge in [-0.2, -0.15) is 0 Å². The van der Waals surface area contributed by atoms with Gasteiger partial charge in [0.1, 0.15) is 0 Å². The fourth-order valence-corrected chi connectivity index (χ4v) is 1.68. The molecule has 1 atom stereocenters. The van der Waals surface area contributed by atoms with Crippen LogP contribution in [0.3, 0.4) is 0 Å². The summed E-state index contributed by atoms with van der Waals surface area (Å²) in [5.74, 6) is 0.344. The summed E-state index contributed by atoms with van der Waals surface area (Å²) in [6.45, 7) is 3.19. The lowest BCUT2D eigenvalue weighted by atomic mass is 9.94. The van der Waals surface area contributed by atoms with Crippen LogP contribution in [-0.4, -0.2) is 13.1 Å². The Kier molecular flexibility index (Phi) is 5.52. The van der Waals surface area contributed by atoms with Crippen molar-refractivity contribution in [2.24, 2.45) is 0 Å². The molecule has 0 aliphatic rings. The van der Waals surface area contributed by atoms with Crippen molar-refractivity contribution in [2.75, 3.05) is 6.61 Å². The number of rotatable bonds is 7. The van der Waals surface area contributed by atoms with Gasteiger partial charge in [-0.25, -0.2) is 0 Å². The lowest BCUT2D eigenvalue weighted by Crippen LogP contribution is -2.07. The molecule has 2 heteroatoms. The van der Waals surface area contributed by atoms with Crippen molar-refractivity contribution in [2.45, 2.75) is 32.1 Å². The third-order valence-corrected chi connectivity index (χ3v) is 2.54. The zero-order chi connectivity index (χ0) is 10.9. The number of carbonyl (C=O) groups excluding carboxylic acids is 1. The van der Waals surface area contributed by atoms with Gasteiger partial charge in [0.2, 0.25) is 0 Å². The molecule has 1 rings (SSSR count). The van der Waals surface area contributed by atoms with Gasteiger partial charge in [-0.15, -0.1) is 0 Å². The molecule has 0 saturated carbocycles. The number of hydrogen-bond acceptors (Lipinski definition) is 2. The SMILES string of the molecule is CCCCC(COC=O)c1ccccc1. The van der Waals surface area contributed by atoms with Crippen LogP contribution in [0, 0.1) is 0 Å². The standard InChI is InChI=1S/C13H18O2/c1-2-3-7-13(10-15-11-14)12-8-5-4-6-9-12/h4-6,8-9,11,13H,2-3,7,10H2,1H3. The highest BCUT2D eigenvalue weighted by molar-refractivity contribution is 5.37. The minimum absolute atomic E-state index is 0.344. The second-order valence-electron chi connectivity index (χ2n) is 3.68. The molecule has 0 aliphatic heterocycles. The van der Waals surface area contributed by atoms with Gasteiger partial charge in [0.25, 0.3) is 6.47 Å². The Balaban J connectivity index is 2.58. The monoisotopic (exact) mass is 206 g/mol. The van der Waals surface area contributed by atoms with E-state index in [0.29, 0.717) is 19.0 Å². The lowest BCUT2D eigenvalue weighted by molar-refractivity contribution is -0.129. The van der Waals surface area contributed by atoms with Gasteiger partial charge in [-0.05, 0) is 12.0 Å². The maximum Gasteiger partial charge on any atom is 0.293 e. The van der Waals surface area contributed by atoms with Crippen LogP contribution in [0.5, 0.6) is 0 Å². The molecule has 0 amide bonds. The van der Waals surface area contributed by atoms with Crippen molar-refractivity contribution >= 4 is 6.47 Å². The topological polar surface area (TPSA) is 26.3 Å². The lowest BCUT2D eigenvalue weighted by Gasteiger charge is -2.15. The molecular formula is C13H18O2. The highest BCUT2D eigenvalue weighted by Gasteiger charge is 2.10. The molecule has 2 nitrogen and oxygen atoms in total. The summed E-state index contributed by atoms with van der Waals surface area (Å²) >= 11 is 0. The molecule has 0 heterocycles. The maximum atomic E-state index is 10.2. The zero-order valence-corrected chi connectivity index (χ0v) is 9.19. The van der Waals surface area contributed by atoms with Crippen LogP contribution in [0.15, 0.2) is 30.3 Å². The van der Waals surface area contributed by atoms with E-state index in [2.05, 4.69) is 19.1 Å². The number of unbranched alkanes of at least 4 members (excludes halogenated alkanes) is 1. The van der Waals surface area contributed by atoms with E-state index >= 15 is 0 Å². The van der Waals surface area contributed by atoms with E-state index in [1.807, 2.05) is 18.2 Å². The van der Waals surface area contributed by atoms with Gasteiger partial charge in [-0.1, -0.05) is 50.1 Å². The molecule has 0 aromatic heterocycles. The first-order valence-corrected chi connectivity index (χ1v) is 5.48. The molecule has 0 fully saturated rings. The Labute approximate surface area is 91.3 Å². The Bertz CT molecular complexity index is 269. The summed E-state index contributed by atoms with van der Waals surface area (Å²) in [5.41, 5.74) is 1.26. The fourth-order valence-electron chi connectivity index (χ4n) is 1.68. The van der Waals surface area contributed by atoms with E-state index in [1.165, 1.54) is 18.4 Å². The van der Waals surface area contributed by atoms with Gasteiger partial charge in [0.05, 0.1) is 6.61 Å². The van der Waals surface area contributed by atoms with Gasteiger partial charge >= 0.3 is 0 Å². The van der Waals surface area contributed by atoms with Crippen LogP contribution in [0.1, 0.15) is 37.7 Å². The first-order valence-electron chi connectivity index (χ1n) is 5.48. The molecule has 0 spiro atoms. The van der Waals surface area contributed by atoms with E-state index < -0.39 is 0 Å². The predicted octanol–water partition coefficient (Wildman–Crippen LogP) is 3.13. The summed E-state index contributed by atoms with van der Waals surface area (Å²) in [6, 6.07) is 10.2. The average Bonchev–Trinajstić information content (AvgIpc) is 2.30. The Morgan fingerprint density at radius 1 is 1.33 bits per heavy atom. The van der Waals surface area contributed by atoms with Crippen LogP contribution >= 0.6 is 0 Å². The Hall–Kier alpha value is -1.31. The van der Waals surface area contributed by atoms with E-state index in [4.69, 9.17) is 4.74 Å². The third kappa shape index (κ3) is 4.15. The molecule has 1 aromatic rings. The minimum Gasteiger partial charge on any atom is -0.467 e. The predicted molar refractivity (Wildman–Crippen MR) is 60.7 cm³/mol. The van der Waals surface area contributed by atoms with Gasteiger partial charge in [0, 0.05) is 5.92 Å². The molecule has 0 N–H and O–H groups in total. The van der Waals surface area contributed by atoms with Crippen molar-refractivity contribution in [3.05, 3.63) is 35.9 Å². The molecule has 1 unspecified atom stereocenters. The molecule has 1 aromatic carbocycles. The number of hydrogen-bond donors (Lipinski definition) is 0. The van der Waals surface area contributed by atoms with Gasteiger partial charge < -0.3 is 4.74 Å². The van der Waals surface area contributed by atoms with Crippen molar-refractivity contribution in [3.63, 3.8) is 0 Å². The zero-order valence-electron chi connectivity index (χ0n) is 9.19. The van der Waals surface area contributed by atoms with Crippen LogP contribution < -0.4 is 0 Å². The van der Waals surface area contributed by atoms with Crippen molar-refractivity contribution in [3.8, 4) is 0 Å². The highest BCUT2D eigenvalue weighted by atomic mass is 16.5. The van der Waals surface area contributed by atoms with Gasteiger partial charge in [-0.3, -0.25) is 4.79 Å². The summed E-state index contributed by atoms with van der Waals surface area (Å²) < 4.78 is 4.87. The van der Waals surface area contributed by atoms with E-state index in [1.54, 1.807) is 0 Å². The van der Waals surface area contributed by atoms with E-state index in [-0.39, 0.29) is 0 Å². The molecule has 0 bridgehead atoms. The molecular weight excluding hydrogens is 188 g/mol. The van der Waals surface area contributed by atoms with Crippen LogP contribution in [0.2, 0.25) is 0 Å². The first kappa shape index (κ1) is 11.8. The first-order chi connectivity index (χ1) is 7.38. The molecule has 0 radical (unpaired) electrons. The second-order valence-corrected chi connectivity index (χ2v) is 3.68. The quantitative estimate of drug-likeness (QED) is 0.641.